The number of carbonyl (C=O) groups excluding carboxylic acids is 1. The number of halogens is 1. The molecule has 0 atom stereocenters. The van der Waals surface area contributed by atoms with Crippen LogP contribution in [0.1, 0.15) is 19.8 Å². The van der Waals surface area contributed by atoms with Gasteiger partial charge in [-0.05, 0) is 31.0 Å². The normalized spacial score (nSPS) is 20.5. The number of likely N-dealkylation sites (tertiary alicyclic amines) is 1. The maximum Gasteiger partial charge on any atom is 0.219 e. The van der Waals surface area contributed by atoms with Crippen molar-refractivity contribution in [1.29, 1.82) is 0 Å². The summed E-state index contributed by atoms with van der Waals surface area (Å²) in [6, 6.07) is 6.15. The van der Waals surface area contributed by atoms with Gasteiger partial charge < -0.3 is 14.8 Å². The summed E-state index contributed by atoms with van der Waals surface area (Å²) in [7, 11) is 0. The van der Waals surface area contributed by atoms with Crippen molar-refractivity contribution in [3.05, 3.63) is 29.4 Å². The molecule has 2 aromatic rings. The Morgan fingerprint density at radius 3 is 2.68 bits per heavy atom. The zero-order chi connectivity index (χ0) is 15.3. The van der Waals surface area contributed by atoms with Crippen molar-refractivity contribution in [1.82, 2.24) is 9.88 Å². The molecule has 4 rings (SSSR count). The second-order valence-corrected chi connectivity index (χ2v) is 7.16. The van der Waals surface area contributed by atoms with E-state index in [4.69, 9.17) is 11.6 Å². The number of rotatable bonds is 1. The summed E-state index contributed by atoms with van der Waals surface area (Å²) >= 11 is 6.25. The minimum absolute atomic E-state index is 0.204. The van der Waals surface area contributed by atoms with Gasteiger partial charge in [-0.25, -0.2) is 0 Å². The van der Waals surface area contributed by atoms with E-state index in [0.29, 0.717) is 5.41 Å². The molecule has 0 unspecified atom stereocenters. The summed E-state index contributed by atoms with van der Waals surface area (Å²) in [6.45, 7) is 5.61. The van der Waals surface area contributed by atoms with Gasteiger partial charge in [0, 0.05) is 66.3 Å². The number of nitrogens with zero attached hydrogens (tertiary/aromatic N) is 2. The van der Waals surface area contributed by atoms with Crippen molar-refractivity contribution in [3.63, 3.8) is 0 Å². The van der Waals surface area contributed by atoms with Gasteiger partial charge in [-0.15, -0.1) is 0 Å². The molecule has 0 radical (unpaired) electrons. The van der Waals surface area contributed by atoms with Gasteiger partial charge in [0.05, 0.1) is 0 Å². The third-order valence-electron chi connectivity index (χ3n) is 5.27. The fourth-order valence-corrected chi connectivity index (χ4v) is 4.13. The Morgan fingerprint density at radius 2 is 2.00 bits per heavy atom. The van der Waals surface area contributed by atoms with Crippen LogP contribution in [0.15, 0.2) is 24.4 Å². The Bertz CT molecular complexity index is 723. The van der Waals surface area contributed by atoms with Crippen LogP contribution in [-0.4, -0.2) is 42.0 Å². The molecule has 2 aliphatic rings. The van der Waals surface area contributed by atoms with Crippen molar-refractivity contribution in [2.45, 2.75) is 19.8 Å². The van der Waals surface area contributed by atoms with Crippen LogP contribution < -0.4 is 4.90 Å². The Balaban J connectivity index is 1.51. The first-order chi connectivity index (χ1) is 10.6. The topological polar surface area (TPSA) is 39.3 Å². The standard InChI is InChI=1S/C17H20ClN3O/c1-12(22)20-6-3-17(4-7-20)10-21(11-17)16-9-13(18)8-15-14(16)2-5-19-15/h2,5,8-9,19H,3-4,6-7,10-11H2,1H3. The van der Waals surface area contributed by atoms with Crippen LogP contribution in [0.4, 0.5) is 5.69 Å². The molecule has 2 aliphatic heterocycles. The van der Waals surface area contributed by atoms with E-state index >= 15 is 0 Å². The molecular weight excluding hydrogens is 298 g/mol. The van der Waals surface area contributed by atoms with Gasteiger partial charge in [0.2, 0.25) is 5.91 Å². The van der Waals surface area contributed by atoms with E-state index in [1.807, 2.05) is 17.2 Å². The number of benzene rings is 1. The van der Waals surface area contributed by atoms with Crippen LogP contribution in [0.3, 0.4) is 0 Å². The van der Waals surface area contributed by atoms with Crippen molar-refractivity contribution < 1.29 is 4.79 Å². The predicted octanol–water partition coefficient (Wildman–Crippen LogP) is 3.27. The first-order valence-corrected chi connectivity index (χ1v) is 8.21. The molecular formula is C17H20ClN3O. The van der Waals surface area contributed by atoms with Crippen LogP contribution in [0, 0.1) is 5.41 Å². The number of piperidine rings is 1. The lowest BCUT2D eigenvalue weighted by atomic mass is 9.71. The first-order valence-electron chi connectivity index (χ1n) is 7.83. The second kappa shape index (κ2) is 4.92. The minimum atomic E-state index is 0.204. The van der Waals surface area contributed by atoms with Crippen molar-refractivity contribution in [2.75, 3.05) is 31.1 Å². The van der Waals surface area contributed by atoms with Gasteiger partial charge in [0.15, 0.2) is 0 Å². The zero-order valence-corrected chi connectivity index (χ0v) is 13.5. The highest BCUT2D eigenvalue weighted by Gasteiger charge is 2.45. The van der Waals surface area contributed by atoms with E-state index in [1.54, 1.807) is 6.92 Å². The number of aromatic amines is 1. The van der Waals surface area contributed by atoms with Crippen molar-refractivity contribution >= 4 is 34.1 Å². The number of hydrogen-bond donors (Lipinski definition) is 1. The van der Waals surface area contributed by atoms with Crippen LogP contribution in [-0.2, 0) is 4.79 Å². The van der Waals surface area contributed by atoms with Crippen LogP contribution in [0.2, 0.25) is 5.02 Å². The number of carbonyl (C=O) groups is 1. The number of nitrogens with one attached hydrogen (secondary N) is 1. The van der Waals surface area contributed by atoms with E-state index in [9.17, 15) is 4.79 Å². The van der Waals surface area contributed by atoms with Gasteiger partial charge in [-0.1, -0.05) is 11.6 Å². The number of fused-ring (bicyclic) bond motifs is 1. The molecule has 22 heavy (non-hydrogen) atoms. The molecule has 0 saturated carbocycles. The van der Waals surface area contributed by atoms with Crippen molar-refractivity contribution in [3.8, 4) is 0 Å². The molecule has 1 N–H and O–H groups in total. The van der Waals surface area contributed by atoms with E-state index in [-0.39, 0.29) is 5.91 Å². The summed E-state index contributed by atoms with van der Waals surface area (Å²) in [5.41, 5.74) is 2.70. The second-order valence-electron chi connectivity index (χ2n) is 6.73. The monoisotopic (exact) mass is 317 g/mol. The summed E-state index contributed by atoms with van der Waals surface area (Å²) in [4.78, 5) is 19.1. The molecule has 1 aromatic carbocycles. The average Bonchev–Trinajstić information content (AvgIpc) is 2.92. The molecule has 1 amide bonds. The Kier molecular flexibility index (Phi) is 3.12. The SMILES string of the molecule is CC(=O)N1CCC2(CC1)CN(c1cc(Cl)cc3[nH]ccc13)C2. The number of aromatic nitrogens is 1. The molecule has 116 valence electrons. The van der Waals surface area contributed by atoms with Crippen molar-refractivity contribution in [2.24, 2.45) is 5.41 Å². The Labute approximate surface area is 135 Å². The molecule has 2 fully saturated rings. The lowest BCUT2D eigenvalue weighted by Crippen LogP contribution is -2.60. The quantitative estimate of drug-likeness (QED) is 0.877. The zero-order valence-electron chi connectivity index (χ0n) is 12.7. The van der Waals surface area contributed by atoms with E-state index < -0.39 is 0 Å². The maximum atomic E-state index is 11.5. The molecule has 0 bridgehead atoms. The highest BCUT2D eigenvalue weighted by Crippen LogP contribution is 2.44. The summed E-state index contributed by atoms with van der Waals surface area (Å²) in [6.07, 6.45) is 4.19. The van der Waals surface area contributed by atoms with E-state index in [1.165, 1.54) is 11.1 Å². The van der Waals surface area contributed by atoms with Crippen LogP contribution >= 0.6 is 11.6 Å². The maximum absolute atomic E-state index is 11.5. The smallest absolute Gasteiger partial charge is 0.219 e. The summed E-state index contributed by atoms with van der Waals surface area (Å²) in [5.74, 6) is 0.204. The van der Waals surface area contributed by atoms with Gasteiger partial charge in [0.1, 0.15) is 0 Å². The molecule has 4 nitrogen and oxygen atoms in total. The Morgan fingerprint density at radius 1 is 1.27 bits per heavy atom. The molecule has 1 spiro atoms. The summed E-state index contributed by atoms with van der Waals surface area (Å²) < 4.78 is 0. The van der Waals surface area contributed by atoms with Gasteiger partial charge in [0.25, 0.3) is 0 Å². The minimum Gasteiger partial charge on any atom is -0.370 e. The predicted molar refractivity (Wildman–Crippen MR) is 89.4 cm³/mol. The molecule has 5 heteroatoms. The largest absolute Gasteiger partial charge is 0.370 e. The summed E-state index contributed by atoms with van der Waals surface area (Å²) in [5, 5.41) is 2.01. The fraction of sp³-hybridized carbons (Fsp3) is 0.471. The van der Waals surface area contributed by atoms with Gasteiger partial charge in [-0.2, -0.15) is 0 Å². The lowest BCUT2D eigenvalue weighted by Gasteiger charge is -2.55. The lowest BCUT2D eigenvalue weighted by molar-refractivity contribution is -0.131. The third-order valence-corrected chi connectivity index (χ3v) is 5.49. The van der Waals surface area contributed by atoms with Gasteiger partial charge >= 0.3 is 0 Å². The fourth-order valence-electron chi connectivity index (χ4n) is 3.92. The molecule has 0 aliphatic carbocycles. The number of H-pyrrole nitrogens is 1. The van der Waals surface area contributed by atoms with E-state index in [2.05, 4.69) is 22.0 Å². The van der Waals surface area contributed by atoms with E-state index in [0.717, 1.165) is 49.6 Å². The first kappa shape index (κ1) is 13.9. The van der Waals surface area contributed by atoms with Gasteiger partial charge in [-0.3, -0.25) is 4.79 Å². The van der Waals surface area contributed by atoms with Crippen LogP contribution in [0.25, 0.3) is 10.9 Å². The van der Waals surface area contributed by atoms with Crippen LogP contribution in [0.5, 0.6) is 0 Å². The number of hydrogen-bond acceptors (Lipinski definition) is 2. The highest BCUT2D eigenvalue weighted by atomic mass is 35.5. The Hall–Kier alpha value is -1.68. The highest BCUT2D eigenvalue weighted by molar-refractivity contribution is 6.31. The third kappa shape index (κ3) is 2.17. The number of anilines is 1. The molecule has 3 heterocycles. The number of amides is 1. The molecule has 1 aromatic heterocycles. The average molecular weight is 318 g/mol. The molecule has 2 saturated heterocycles.